The highest BCUT2D eigenvalue weighted by molar-refractivity contribution is 6.30. The van der Waals surface area contributed by atoms with Crippen LogP contribution < -0.4 is 5.32 Å². The van der Waals surface area contributed by atoms with Crippen molar-refractivity contribution in [1.82, 2.24) is 15.1 Å². The maximum absolute atomic E-state index is 13.3. The molecule has 1 amide bonds. The number of amides is 1. The summed E-state index contributed by atoms with van der Waals surface area (Å²) >= 11 is 5.87. The Hall–Kier alpha value is -2.09. The van der Waals surface area contributed by atoms with Crippen LogP contribution in [0.25, 0.3) is 0 Å². The van der Waals surface area contributed by atoms with Gasteiger partial charge in [-0.15, -0.1) is 0 Å². The van der Waals surface area contributed by atoms with Gasteiger partial charge in [-0.25, -0.2) is 0 Å². The van der Waals surface area contributed by atoms with E-state index in [1.807, 2.05) is 30.3 Å². The Labute approximate surface area is 181 Å². The van der Waals surface area contributed by atoms with Gasteiger partial charge in [-0.3, -0.25) is 9.69 Å². The Morgan fingerprint density at radius 2 is 1.87 bits per heavy atom. The molecule has 3 rings (SSSR count). The number of nitrogens with one attached hydrogen (secondary N) is 1. The summed E-state index contributed by atoms with van der Waals surface area (Å²) in [6.07, 6.45) is -4.17. The molecule has 1 heterocycles. The number of piperazine rings is 1. The number of likely N-dealkylation sites (N-methyl/N-ethyl adjacent to an activating group) is 1. The Morgan fingerprint density at radius 1 is 1.20 bits per heavy atom. The van der Waals surface area contributed by atoms with Gasteiger partial charge < -0.3 is 10.2 Å². The highest BCUT2D eigenvalue weighted by Gasteiger charge is 2.32. The van der Waals surface area contributed by atoms with Gasteiger partial charge in [0.2, 0.25) is 5.91 Å². The van der Waals surface area contributed by atoms with E-state index in [0.29, 0.717) is 12.1 Å². The molecule has 164 valence electrons. The van der Waals surface area contributed by atoms with Crippen LogP contribution in [0, 0.1) is 0 Å². The second-order valence-electron chi connectivity index (χ2n) is 7.45. The average molecular weight is 442 g/mol. The number of halogens is 4. The van der Waals surface area contributed by atoms with Gasteiger partial charge in [0, 0.05) is 46.2 Å². The van der Waals surface area contributed by atoms with Gasteiger partial charge in [-0.2, -0.15) is 13.2 Å². The van der Waals surface area contributed by atoms with Crippen molar-refractivity contribution in [1.29, 1.82) is 0 Å². The molecule has 0 aromatic heterocycles. The molecule has 0 bridgehead atoms. The number of carbonyl (C=O) groups is 1. The fourth-order valence-electron chi connectivity index (χ4n) is 3.66. The normalized spacial score (nSPS) is 16.3. The zero-order valence-corrected chi connectivity index (χ0v) is 17.5. The van der Waals surface area contributed by atoms with Crippen molar-refractivity contribution in [2.45, 2.75) is 18.6 Å². The van der Waals surface area contributed by atoms with Gasteiger partial charge >= 0.3 is 6.18 Å². The van der Waals surface area contributed by atoms with Gasteiger partial charge in [0.1, 0.15) is 6.04 Å². The van der Waals surface area contributed by atoms with E-state index in [9.17, 15) is 18.0 Å². The van der Waals surface area contributed by atoms with E-state index in [-0.39, 0.29) is 18.8 Å². The lowest BCUT2D eigenvalue weighted by Gasteiger charge is -2.36. The molecule has 0 radical (unpaired) electrons. The Kier molecular flexibility index (Phi) is 7.39. The molecule has 0 saturated carbocycles. The molecule has 2 aromatic carbocycles. The van der Waals surface area contributed by atoms with Crippen LogP contribution in [0.3, 0.4) is 0 Å². The van der Waals surface area contributed by atoms with Crippen LogP contribution in [0.5, 0.6) is 0 Å². The van der Waals surface area contributed by atoms with Crippen LogP contribution in [0.1, 0.15) is 24.2 Å². The molecule has 0 spiro atoms. The quantitative estimate of drug-likeness (QED) is 0.727. The third-order valence-electron chi connectivity index (χ3n) is 5.26. The Balaban J connectivity index is 0.00000341. The topological polar surface area (TPSA) is 35.6 Å². The first kappa shape index (κ1) is 22.6. The summed E-state index contributed by atoms with van der Waals surface area (Å²) in [7, 11) is 1.69. The molecule has 1 aliphatic heterocycles. The molecular weight excluding hydrogens is 415 g/mol. The van der Waals surface area contributed by atoms with Crippen LogP contribution in [-0.2, 0) is 17.4 Å². The zero-order chi connectivity index (χ0) is 21.7. The van der Waals surface area contributed by atoms with Crippen LogP contribution in [0.4, 0.5) is 13.2 Å². The minimum absolute atomic E-state index is 0. The number of nitrogens with zero attached hydrogens (tertiary/aromatic N) is 2. The standard InChI is InChI=1S/C22H25ClF3N3O.H2/c1-28(10-7-16-13-18(22(24,25)26)15-19(23)14-16)21(30)20(17-5-3-2-4-6-17)29-11-8-27-9-12-29;/h2-6,13-15,20,27H,7-12H2,1H3;1H. The maximum atomic E-state index is 13.3. The lowest BCUT2D eigenvalue weighted by molar-refractivity contribution is -0.138. The number of hydrogen-bond acceptors (Lipinski definition) is 3. The van der Waals surface area contributed by atoms with Crippen molar-refractivity contribution in [3.05, 3.63) is 70.2 Å². The molecule has 30 heavy (non-hydrogen) atoms. The van der Waals surface area contributed by atoms with Crippen molar-refractivity contribution in [3.63, 3.8) is 0 Å². The van der Waals surface area contributed by atoms with Gasteiger partial charge in [-0.05, 0) is 35.7 Å². The summed E-state index contributed by atoms with van der Waals surface area (Å²) in [5.41, 5.74) is 0.591. The van der Waals surface area contributed by atoms with Crippen molar-refractivity contribution in [2.75, 3.05) is 39.8 Å². The molecule has 8 heteroatoms. The van der Waals surface area contributed by atoms with E-state index < -0.39 is 17.8 Å². The van der Waals surface area contributed by atoms with Gasteiger partial charge in [0.25, 0.3) is 0 Å². The van der Waals surface area contributed by atoms with Gasteiger partial charge in [0.05, 0.1) is 5.56 Å². The summed E-state index contributed by atoms with van der Waals surface area (Å²) in [6.45, 7) is 3.42. The second-order valence-corrected chi connectivity index (χ2v) is 7.89. The fourth-order valence-corrected chi connectivity index (χ4v) is 3.92. The highest BCUT2D eigenvalue weighted by atomic mass is 35.5. The first-order chi connectivity index (χ1) is 14.3. The molecule has 1 atom stereocenters. The first-order valence-corrected chi connectivity index (χ1v) is 10.2. The smallest absolute Gasteiger partial charge is 0.344 e. The predicted octanol–water partition coefficient (Wildman–Crippen LogP) is 4.25. The van der Waals surface area contributed by atoms with E-state index >= 15 is 0 Å². The van der Waals surface area contributed by atoms with Crippen molar-refractivity contribution < 1.29 is 19.4 Å². The van der Waals surface area contributed by atoms with E-state index in [2.05, 4.69) is 10.2 Å². The van der Waals surface area contributed by atoms with E-state index in [1.54, 1.807) is 11.9 Å². The number of hydrogen-bond donors (Lipinski definition) is 1. The molecule has 2 aromatic rings. The Morgan fingerprint density at radius 3 is 2.50 bits per heavy atom. The summed E-state index contributed by atoms with van der Waals surface area (Å²) in [5.74, 6) is -0.0684. The number of rotatable bonds is 6. The maximum Gasteiger partial charge on any atom is 0.416 e. The molecule has 1 saturated heterocycles. The lowest BCUT2D eigenvalue weighted by Crippen LogP contribution is -2.50. The molecule has 0 aliphatic carbocycles. The summed E-state index contributed by atoms with van der Waals surface area (Å²) in [5, 5.41) is 3.33. The first-order valence-electron chi connectivity index (χ1n) is 9.87. The fraction of sp³-hybridized carbons (Fsp3) is 0.409. The molecule has 1 aliphatic rings. The van der Waals surface area contributed by atoms with Crippen molar-refractivity contribution in [2.24, 2.45) is 0 Å². The van der Waals surface area contributed by atoms with E-state index in [1.165, 1.54) is 6.07 Å². The molecule has 1 N–H and O–H groups in total. The lowest BCUT2D eigenvalue weighted by atomic mass is 10.0. The third kappa shape index (κ3) is 5.74. The number of benzene rings is 2. The van der Waals surface area contributed by atoms with Gasteiger partial charge in [0.15, 0.2) is 0 Å². The van der Waals surface area contributed by atoms with E-state index in [4.69, 9.17) is 11.6 Å². The van der Waals surface area contributed by atoms with Crippen LogP contribution in [0.2, 0.25) is 5.02 Å². The average Bonchev–Trinajstić information content (AvgIpc) is 2.72. The Bertz CT molecular complexity index is 861. The van der Waals surface area contributed by atoms with Crippen LogP contribution in [-0.4, -0.2) is 55.5 Å². The highest BCUT2D eigenvalue weighted by Crippen LogP contribution is 2.32. The number of alkyl halides is 3. The van der Waals surface area contributed by atoms with Crippen LogP contribution >= 0.6 is 11.6 Å². The van der Waals surface area contributed by atoms with Crippen molar-refractivity contribution >= 4 is 17.5 Å². The monoisotopic (exact) mass is 441 g/mol. The van der Waals surface area contributed by atoms with Crippen LogP contribution in [0.15, 0.2) is 48.5 Å². The largest absolute Gasteiger partial charge is 0.416 e. The van der Waals surface area contributed by atoms with E-state index in [0.717, 1.165) is 43.9 Å². The summed E-state index contributed by atoms with van der Waals surface area (Å²) < 4.78 is 39.1. The number of carbonyl (C=O) groups excluding carboxylic acids is 1. The van der Waals surface area contributed by atoms with Crippen molar-refractivity contribution in [3.8, 4) is 0 Å². The summed E-state index contributed by atoms with van der Waals surface area (Å²) in [4.78, 5) is 17.1. The second kappa shape index (κ2) is 9.81. The molecular formula is C22H27ClF3N3O. The predicted molar refractivity (Wildman–Crippen MR) is 114 cm³/mol. The minimum atomic E-state index is -4.46. The third-order valence-corrected chi connectivity index (χ3v) is 5.48. The molecule has 1 fully saturated rings. The SMILES string of the molecule is CN(CCc1cc(Cl)cc(C(F)(F)F)c1)C(=O)C(c1ccccc1)N1CCNCC1.[HH]. The molecule has 4 nitrogen and oxygen atoms in total. The minimum Gasteiger partial charge on any atom is -0.344 e. The van der Waals surface area contributed by atoms with Gasteiger partial charge in [-0.1, -0.05) is 41.9 Å². The molecule has 1 unspecified atom stereocenters. The summed E-state index contributed by atoms with van der Waals surface area (Å²) in [6, 6.07) is 12.7. The zero-order valence-electron chi connectivity index (χ0n) is 16.8.